The third kappa shape index (κ3) is 6.04. The molecule has 0 fully saturated rings. The van der Waals surface area contributed by atoms with Crippen LogP contribution in [0.1, 0.15) is 38.4 Å². The monoisotopic (exact) mass is 329 g/mol. The van der Waals surface area contributed by atoms with E-state index in [1.165, 1.54) is 0 Å². The summed E-state index contributed by atoms with van der Waals surface area (Å²) in [7, 11) is 0. The normalized spacial score (nSPS) is 14.3. The molecule has 0 aromatic heterocycles. The number of ether oxygens (including phenoxy) is 2. The SMILES string of the molecule is CCCOCCOC(c1ccc(Br)cc1)C(N)CC. The van der Waals surface area contributed by atoms with Crippen molar-refractivity contribution in [2.24, 2.45) is 5.73 Å². The molecule has 1 aromatic carbocycles. The van der Waals surface area contributed by atoms with Gasteiger partial charge in [-0.25, -0.2) is 0 Å². The van der Waals surface area contributed by atoms with Crippen molar-refractivity contribution >= 4 is 15.9 Å². The molecule has 3 nitrogen and oxygen atoms in total. The molecule has 0 bridgehead atoms. The summed E-state index contributed by atoms with van der Waals surface area (Å²) in [6, 6.07) is 8.14. The van der Waals surface area contributed by atoms with Gasteiger partial charge in [0.05, 0.1) is 19.3 Å². The summed E-state index contributed by atoms with van der Waals surface area (Å²) in [5.74, 6) is 0. The van der Waals surface area contributed by atoms with Crippen molar-refractivity contribution in [2.45, 2.75) is 38.8 Å². The topological polar surface area (TPSA) is 44.5 Å². The lowest BCUT2D eigenvalue weighted by molar-refractivity contribution is -0.00766. The summed E-state index contributed by atoms with van der Waals surface area (Å²) < 4.78 is 12.4. The van der Waals surface area contributed by atoms with Crippen LogP contribution in [0.25, 0.3) is 0 Å². The first-order valence-corrected chi connectivity index (χ1v) is 7.68. The smallest absolute Gasteiger partial charge is 0.0976 e. The first kappa shape index (κ1) is 16.6. The van der Waals surface area contributed by atoms with Gasteiger partial charge in [0.1, 0.15) is 0 Å². The van der Waals surface area contributed by atoms with Crippen molar-refractivity contribution in [1.29, 1.82) is 0 Å². The largest absolute Gasteiger partial charge is 0.379 e. The fraction of sp³-hybridized carbons (Fsp3) is 0.600. The Kier molecular flexibility index (Phi) is 8.30. The van der Waals surface area contributed by atoms with Crippen molar-refractivity contribution < 1.29 is 9.47 Å². The van der Waals surface area contributed by atoms with Crippen LogP contribution in [0.5, 0.6) is 0 Å². The summed E-state index contributed by atoms with van der Waals surface area (Å²) in [5, 5.41) is 0. The molecular weight excluding hydrogens is 306 g/mol. The highest BCUT2D eigenvalue weighted by Crippen LogP contribution is 2.23. The van der Waals surface area contributed by atoms with Crippen LogP contribution >= 0.6 is 15.9 Å². The molecule has 108 valence electrons. The minimum atomic E-state index is -0.0664. The van der Waals surface area contributed by atoms with Crippen molar-refractivity contribution in [3.63, 3.8) is 0 Å². The van der Waals surface area contributed by atoms with Gasteiger partial charge in [0.25, 0.3) is 0 Å². The Morgan fingerprint density at radius 1 is 1.11 bits per heavy atom. The van der Waals surface area contributed by atoms with Gasteiger partial charge in [-0.2, -0.15) is 0 Å². The van der Waals surface area contributed by atoms with Crippen LogP contribution < -0.4 is 5.73 Å². The van der Waals surface area contributed by atoms with E-state index in [2.05, 4.69) is 41.9 Å². The molecule has 4 heteroatoms. The maximum atomic E-state index is 6.15. The minimum absolute atomic E-state index is 0.00681. The second kappa shape index (κ2) is 9.48. The fourth-order valence-corrected chi connectivity index (χ4v) is 2.08. The van der Waals surface area contributed by atoms with Gasteiger partial charge in [-0.05, 0) is 30.5 Å². The zero-order valence-electron chi connectivity index (χ0n) is 11.8. The highest BCUT2D eigenvalue weighted by Gasteiger charge is 2.18. The van der Waals surface area contributed by atoms with E-state index in [4.69, 9.17) is 15.2 Å². The molecule has 2 atom stereocenters. The van der Waals surface area contributed by atoms with Gasteiger partial charge in [-0.3, -0.25) is 0 Å². The predicted molar refractivity (Wildman–Crippen MR) is 82.2 cm³/mol. The van der Waals surface area contributed by atoms with Crippen molar-refractivity contribution in [1.82, 2.24) is 0 Å². The molecule has 2 N–H and O–H groups in total. The Morgan fingerprint density at radius 3 is 2.37 bits per heavy atom. The van der Waals surface area contributed by atoms with Crippen molar-refractivity contribution in [3.8, 4) is 0 Å². The van der Waals surface area contributed by atoms with Gasteiger partial charge in [-0.1, -0.05) is 41.9 Å². The average molecular weight is 330 g/mol. The molecule has 1 rings (SSSR count). The van der Waals surface area contributed by atoms with Gasteiger partial charge in [-0.15, -0.1) is 0 Å². The fourth-order valence-electron chi connectivity index (χ4n) is 1.81. The molecule has 1 aromatic rings. The molecule has 0 saturated heterocycles. The molecule has 2 unspecified atom stereocenters. The standard InChI is InChI=1S/C15H24BrNO2/c1-3-9-18-10-11-19-15(14(17)4-2)12-5-7-13(16)8-6-12/h5-8,14-15H,3-4,9-11,17H2,1-2H3. The molecule has 0 aliphatic heterocycles. The van der Waals surface area contributed by atoms with E-state index in [-0.39, 0.29) is 12.1 Å². The summed E-state index contributed by atoms with van der Waals surface area (Å²) in [4.78, 5) is 0. The highest BCUT2D eigenvalue weighted by atomic mass is 79.9. The zero-order chi connectivity index (χ0) is 14.1. The maximum absolute atomic E-state index is 6.15. The first-order valence-electron chi connectivity index (χ1n) is 6.89. The van der Waals surface area contributed by atoms with E-state index < -0.39 is 0 Å². The first-order chi connectivity index (χ1) is 9.19. The van der Waals surface area contributed by atoms with Crippen LogP contribution in [-0.2, 0) is 9.47 Å². The number of hydrogen-bond donors (Lipinski definition) is 1. The van der Waals surface area contributed by atoms with Gasteiger partial charge < -0.3 is 15.2 Å². The van der Waals surface area contributed by atoms with Gasteiger partial charge in [0.15, 0.2) is 0 Å². The van der Waals surface area contributed by atoms with Crippen LogP contribution in [0.2, 0.25) is 0 Å². The van der Waals surface area contributed by atoms with E-state index in [9.17, 15) is 0 Å². The van der Waals surface area contributed by atoms with E-state index in [1.54, 1.807) is 0 Å². The van der Waals surface area contributed by atoms with Gasteiger partial charge in [0, 0.05) is 17.1 Å². The molecule has 0 radical (unpaired) electrons. The highest BCUT2D eigenvalue weighted by molar-refractivity contribution is 9.10. The average Bonchev–Trinajstić information content (AvgIpc) is 2.43. The van der Waals surface area contributed by atoms with Crippen LogP contribution in [0.15, 0.2) is 28.7 Å². The van der Waals surface area contributed by atoms with E-state index in [0.29, 0.717) is 13.2 Å². The Balaban J connectivity index is 2.54. The van der Waals surface area contributed by atoms with Crippen LogP contribution in [0.3, 0.4) is 0 Å². The van der Waals surface area contributed by atoms with E-state index >= 15 is 0 Å². The van der Waals surface area contributed by atoms with Gasteiger partial charge >= 0.3 is 0 Å². The molecule has 0 aliphatic rings. The third-order valence-corrected chi connectivity index (χ3v) is 3.46. The van der Waals surface area contributed by atoms with E-state index in [0.717, 1.165) is 29.5 Å². The number of benzene rings is 1. The van der Waals surface area contributed by atoms with Crippen molar-refractivity contribution in [2.75, 3.05) is 19.8 Å². The molecule has 0 amide bonds. The molecule has 0 aliphatic carbocycles. The van der Waals surface area contributed by atoms with Crippen LogP contribution in [0, 0.1) is 0 Å². The summed E-state index contributed by atoms with van der Waals surface area (Å²) in [5.41, 5.74) is 7.27. The lowest BCUT2D eigenvalue weighted by atomic mass is 10.0. The molecular formula is C15H24BrNO2. The van der Waals surface area contributed by atoms with Gasteiger partial charge in [0.2, 0.25) is 0 Å². The Hall–Kier alpha value is -0.420. The zero-order valence-corrected chi connectivity index (χ0v) is 13.4. The lowest BCUT2D eigenvalue weighted by Crippen LogP contribution is -2.30. The predicted octanol–water partition coefficient (Wildman–Crippen LogP) is 3.67. The van der Waals surface area contributed by atoms with Crippen LogP contribution in [0.4, 0.5) is 0 Å². The second-order valence-electron chi connectivity index (χ2n) is 4.53. The quantitative estimate of drug-likeness (QED) is 0.703. The summed E-state index contributed by atoms with van der Waals surface area (Å²) >= 11 is 3.44. The number of rotatable bonds is 9. The minimum Gasteiger partial charge on any atom is -0.379 e. The molecule has 19 heavy (non-hydrogen) atoms. The summed E-state index contributed by atoms with van der Waals surface area (Å²) in [6.07, 6.45) is 1.85. The maximum Gasteiger partial charge on any atom is 0.0976 e. The number of nitrogens with two attached hydrogens (primary N) is 1. The Labute approximate surface area is 124 Å². The Bertz CT molecular complexity index is 343. The summed E-state index contributed by atoms with van der Waals surface area (Å²) in [6.45, 7) is 6.16. The van der Waals surface area contributed by atoms with Crippen LogP contribution in [-0.4, -0.2) is 25.9 Å². The lowest BCUT2D eigenvalue weighted by Gasteiger charge is -2.24. The third-order valence-electron chi connectivity index (χ3n) is 2.93. The number of halogens is 1. The number of hydrogen-bond acceptors (Lipinski definition) is 3. The molecule has 0 spiro atoms. The Morgan fingerprint density at radius 2 is 1.79 bits per heavy atom. The van der Waals surface area contributed by atoms with Crippen molar-refractivity contribution in [3.05, 3.63) is 34.3 Å². The van der Waals surface area contributed by atoms with E-state index in [1.807, 2.05) is 12.1 Å². The molecule has 0 heterocycles. The second-order valence-corrected chi connectivity index (χ2v) is 5.44. The molecule has 0 saturated carbocycles.